The van der Waals surface area contributed by atoms with Crippen LogP contribution < -0.4 is 0 Å². The van der Waals surface area contributed by atoms with Crippen LogP contribution in [0.15, 0.2) is 27.6 Å². The van der Waals surface area contributed by atoms with Gasteiger partial charge in [0.2, 0.25) is 0 Å². The van der Waals surface area contributed by atoms with Crippen molar-refractivity contribution in [2.24, 2.45) is 0 Å². The fourth-order valence-corrected chi connectivity index (χ4v) is 3.89. The third-order valence-electron chi connectivity index (χ3n) is 2.03. The second-order valence-electron chi connectivity index (χ2n) is 3.38. The molecule has 0 spiro atoms. The molecule has 1 aromatic carbocycles. The van der Waals surface area contributed by atoms with Crippen molar-refractivity contribution in [1.82, 2.24) is 0 Å². The molecule has 0 amide bonds. The molecule has 0 unspecified atom stereocenters. The number of benzene rings is 1. The molecule has 0 radical (unpaired) electrons. The summed E-state index contributed by atoms with van der Waals surface area (Å²) in [6.07, 6.45) is 0. The van der Waals surface area contributed by atoms with E-state index in [1.807, 2.05) is 0 Å². The molecule has 1 aromatic rings. The minimum Gasteiger partial charge on any atom is -0.478 e. The Morgan fingerprint density at radius 2 is 1.84 bits per heavy atom. The van der Waals surface area contributed by atoms with E-state index in [2.05, 4.69) is 0 Å². The molecule has 0 saturated carbocycles. The van der Waals surface area contributed by atoms with Gasteiger partial charge in [-0.1, -0.05) is 46.4 Å². The average molecular weight is 364 g/mol. The summed E-state index contributed by atoms with van der Waals surface area (Å²) < 4.78 is 24.0. The van der Waals surface area contributed by atoms with Crippen molar-refractivity contribution in [2.75, 3.05) is 5.75 Å². The van der Waals surface area contributed by atoms with Crippen LogP contribution in [0.3, 0.4) is 0 Å². The Bertz CT molecular complexity index is 652. The Morgan fingerprint density at radius 3 is 2.32 bits per heavy atom. The minimum atomic E-state index is -3.91. The Hall–Kier alpha value is -0.460. The molecular formula is C10H6Cl4O4S. The number of sulfone groups is 1. The van der Waals surface area contributed by atoms with Gasteiger partial charge in [0.1, 0.15) is 0 Å². The summed E-state index contributed by atoms with van der Waals surface area (Å²) in [4.78, 5) is 10.5. The first-order valence-corrected chi connectivity index (χ1v) is 7.81. The number of aromatic carboxylic acids is 1. The summed E-state index contributed by atoms with van der Waals surface area (Å²) in [5.74, 6) is -1.95. The highest BCUT2D eigenvalue weighted by atomic mass is 35.5. The van der Waals surface area contributed by atoms with Gasteiger partial charge in [0, 0.05) is 10.6 Å². The second kappa shape index (κ2) is 6.33. The lowest BCUT2D eigenvalue weighted by Crippen LogP contribution is -2.09. The largest absolute Gasteiger partial charge is 0.478 e. The zero-order valence-corrected chi connectivity index (χ0v) is 12.9. The first-order valence-electron chi connectivity index (χ1n) is 4.59. The quantitative estimate of drug-likeness (QED) is 0.883. The van der Waals surface area contributed by atoms with E-state index in [9.17, 15) is 13.2 Å². The number of carboxylic acids is 1. The van der Waals surface area contributed by atoms with E-state index < -0.39 is 21.6 Å². The van der Waals surface area contributed by atoms with Crippen LogP contribution in [0.25, 0.3) is 0 Å². The molecule has 0 saturated heterocycles. The van der Waals surface area contributed by atoms with Crippen molar-refractivity contribution in [1.29, 1.82) is 0 Å². The highest BCUT2D eigenvalue weighted by molar-refractivity contribution is 7.91. The van der Waals surface area contributed by atoms with Gasteiger partial charge in [0.25, 0.3) is 0 Å². The smallest absolute Gasteiger partial charge is 0.337 e. The first-order chi connectivity index (χ1) is 8.69. The Morgan fingerprint density at radius 1 is 1.26 bits per heavy atom. The molecule has 0 aromatic heterocycles. The molecule has 0 atom stereocenters. The average Bonchev–Trinajstić information content (AvgIpc) is 2.27. The number of carboxylic acid groups (broad SMARTS) is 1. The Kier molecular flexibility index (Phi) is 5.53. The van der Waals surface area contributed by atoms with Crippen LogP contribution in [0.1, 0.15) is 10.4 Å². The maximum Gasteiger partial charge on any atom is 0.337 e. The molecular weight excluding hydrogens is 358 g/mol. The monoisotopic (exact) mass is 362 g/mol. The van der Waals surface area contributed by atoms with E-state index in [0.29, 0.717) is 0 Å². The van der Waals surface area contributed by atoms with Crippen molar-refractivity contribution >= 4 is 62.2 Å². The number of hydrogen-bond donors (Lipinski definition) is 1. The summed E-state index contributed by atoms with van der Waals surface area (Å²) in [5, 5.41) is 8.43. The molecule has 1 rings (SSSR count). The molecule has 1 N–H and O–H groups in total. The van der Waals surface area contributed by atoms with Crippen molar-refractivity contribution in [3.63, 3.8) is 0 Å². The van der Waals surface area contributed by atoms with Gasteiger partial charge in [0.15, 0.2) is 9.84 Å². The summed E-state index contributed by atoms with van der Waals surface area (Å²) in [7, 11) is -3.91. The number of rotatable bonds is 4. The Labute approximate surface area is 129 Å². The van der Waals surface area contributed by atoms with Gasteiger partial charge in [-0.25, -0.2) is 13.2 Å². The van der Waals surface area contributed by atoms with Crippen LogP contribution >= 0.6 is 46.4 Å². The lowest BCUT2D eigenvalue weighted by Gasteiger charge is -2.08. The van der Waals surface area contributed by atoms with Crippen LogP contribution in [0.5, 0.6) is 0 Å². The van der Waals surface area contributed by atoms with Crippen LogP contribution in [0, 0.1) is 0 Å². The van der Waals surface area contributed by atoms with Crippen LogP contribution in [0.2, 0.25) is 10.0 Å². The Balaban J connectivity index is 3.43. The molecule has 0 aliphatic rings. The van der Waals surface area contributed by atoms with Crippen LogP contribution in [0.4, 0.5) is 0 Å². The van der Waals surface area contributed by atoms with Gasteiger partial charge >= 0.3 is 5.97 Å². The van der Waals surface area contributed by atoms with E-state index in [0.717, 1.165) is 17.7 Å². The van der Waals surface area contributed by atoms with Crippen molar-refractivity contribution in [3.05, 3.63) is 38.3 Å². The van der Waals surface area contributed by atoms with Gasteiger partial charge in [-0.15, -0.1) is 0 Å². The van der Waals surface area contributed by atoms with Gasteiger partial charge in [0.05, 0.1) is 26.3 Å². The minimum absolute atomic E-state index is 0.121. The second-order valence-corrected chi connectivity index (χ2v) is 6.86. The van der Waals surface area contributed by atoms with Crippen molar-refractivity contribution < 1.29 is 18.3 Å². The highest BCUT2D eigenvalue weighted by Crippen LogP contribution is 2.30. The summed E-state index contributed by atoms with van der Waals surface area (Å²) in [6.45, 7) is 0. The summed E-state index contributed by atoms with van der Waals surface area (Å²) in [5.41, 5.74) is 0.539. The first kappa shape index (κ1) is 16.6. The molecule has 0 fully saturated rings. The fraction of sp³-hybridized carbons (Fsp3) is 0.100. The number of hydrogen-bond acceptors (Lipinski definition) is 3. The van der Waals surface area contributed by atoms with E-state index in [-0.39, 0.29) is 25.5 Å². The number of halogens is 4. The van der Waals surface area contributed by atoms with Gasteiger partial charge in [-0.3, -0.25) is 0 Å². The van der Waals surface area contributed by atoms with Crippen LogP contribution in [-0.4, -0.2) is 25.2 Å². The van der Waals surface area contributed by atoms with Gasteiger partial charge < -0.3 is 5.11 Å². The van der Waals surface area contributed by atoms with E-state index in [1.54, 1.807) is 0 Å². The maximum absolute atomic E-state index is 12.0. The maximum atomic E-state index is 12.0. The van der Waals surface area contributed by atoms with E-state index in [4.69, 9.17) is 51.5 Å². The zero-order chi connectivity index (χ0) is 14.8. The van der Waals surface area contributed by atoms with Crippen molar-refractivity contribution in [2.45, 2.75) is 4.90 Å². The summed E-state index contributed by atoms with van der Waals surface area (Å²) in [6, 6.07) is 1.94. The van der Waals surface area contributed by atoms with Crippen LogP contribution in [-0.2, 0) is 9.84 Å². The normalized spacial score (nSPS) is 12.5. The third-order valence-corrected chi connectivity index (χ3v) is 5.25. The zero-order valence-electron chi connectivity index (χ0n) is 9.03. The molecule has 104 valence electrons. The summed E-state index contributed by atoms with van der Waals surface area (Å²) >= 11 is 22.3. The van der Waals surface area contributed by atoms with Crippen molar-refractivity contribution in [3.8, 4) is 0 Å². The van der Waals surface area contributed by atoms with Gasteiger partial charge in [-0.2, -0.15) is 0 Å². The van der Waals surface area contributed by atoms with E-state index >= 15 is 0 Å². The lowest BCUT2D eigenvalue weighted by molar-refractivity contribution is 0.0697. The van der Waals surface area contributed by atoms with E-state index in [1.165, 1.54) is 0 Å². The molecule has 0 heterocycles. The number of carbonyl (C=O) groups is 1. The predicted molar refractivity (Wildman–Crippen MR) is 75.3 cm³/mol. The highest BCUT2D eigenvalue weighted by Gasteiger charge is 2.23. The molecule has 19 heavy (non-hydrogen) atoms. The lowest BCUT2D eigenvalue weighted by atomic mass is 10.2. The molecule has 0 aliphatic heterocycles. The SMILES string of the molecule is O=C(O)c1cc(S(=O)(=O)CC(Cl)=CCl)c(Cl)cc1Cl. The molecule has 4 nitrogen and oxygen atoms in total. The fourth-order valence-electron chi connectivity index (χ4n) is 1.22. The topological polar surface area (TPSA) is 71.4 Å². The standard InChI is InChI=1S/C10H6Cl4O4S/c11-3-5(12)4-19(17,18)9-1-6(10(15)16)7(13)2-8(9)14/h1-3H,4H2,(H,15,16). The molecule has 0 bridgehead atoms. The third kappa shape index (κ3) is 4.00. The molecule has 0 aliphatic carbocycles. The van der Waals surface area contributed by atoms with Gasteiger partial charge in [-0.05, 0) is 12.1 Å². The predicted octanol–water partition coefficient (Wildman–Crippen LogP) is 3.78. The molecule has 9 heteroatoms.